The predicted molar refractivity (Wildman–Crippen MR) is 86.9 cm³/mol. The van der Waals surface area contributed by atoms with E-state index in [4.69, 9.17) is 39.5 Å². The van der Waals surface area contributed by atoms with Gasteiger partial charge in [-0.3, -0.25) is 10.1 Å². The van der Waals surface area contributed by atoms with Crippen molar-refractivity contribution < 1.29 is 9.66 Å². The number of nitro benzene ring substituents is 1. The van der Waals surface area contributed by atoms with Crippen LogP contribution in [0.15, 0.2) is 34.8 Å². The Morgan fingerprint density at radius 2 is 1.86 bits per heavy atom. The summed E-state index contributed by atoms with van der Waals surface area (Å²) in [5.74, 6) is 0.769. The quantitative estimate of drug-likeness (QED) is 0.342. The zero-order valence-corrected chi connectivity index (χ0v) is 14.1. The van der Waals surface area contributed by atoms with Crippen molar-refractivity contribution in [1.29, 1.82) is 0 Å². The number of ether oxygens (including phenoxy) is 1. The summed E-state index contributed by atoms with van der Waals surface area (Å²) in [4.78, 5) is 10.5. The Morgan fingerprint density at radius 3 is 2.43 bits per heavy atom. The van der Waals surface area contributed by atoms with Gasteiger partial charge in [0.2, 0.25) is 5.75 Å². The Balaban J connectivity index is 2.41. The summed E-state index contributed by atoms with van der Waals surface area (Å²) < 4.78 is 6.28. The first-order valence-electron chi connectivity index (χ1n) is 5.58. The van der Waals surface area contributed by atoms with Crippen molar-refractivity contribution in [3.63, 3.8) is 0 Å². The van der Waals surface area contributed by atoms with Crippen LogP contribution < -0.4 is 4.74 Å². The normalized spacial score (nSPS) is 10.5. The molecule has 0 saturated carbocycles. The van der Waals surface area contributed by atoms with E-state index >= 15 is 0 Å². The molecule has 0 aromatic heterocycles. The Hall–Kier alpha value is -1.01. The van der Waals surface area contributed by atoms with Crippen LogP contribution in [0, 0.1) is 10.1 Å². The minimum Gasteiger partial charge on any atom is -0.450 e. The van der Waals surface area contributed by atoms with Crippen LogP contribution in [0.4, 0.5) is 5.69 Å². The van der Waals surface area contributed by atoms with Crippen LogP contribution in [-0.4, -0.2) is 4.92 Å². The Bertz CT molecular complexity index is 709. The van der Waals surface area contributed by atoms with Crippen molar-refractivity contribution in [3.8, 4) is 11.5 Å². The molecule has 0 unspecified atom stereocenters. The van der Waals surface area contributed by atoms with Gasteiger partial charge in [0.05, 0.1) is 15.0 Å². The molecule has 8 heteroatoms. The third-order valence-electron chi connectivity index (χ3n) is 2.59. The molecule has 2 aromatic carbocycles. The second kappa shape index (κ2) is 6.83. The maximum Gasteiger partial charge on any atom is 0.313 e. The van der Waals surface area contributed by atoms with Crippen molar-refractivity contribution >= 4 is 56.4 Å². The molecule has 0 aliphatic heterocycles. The SMILES string of the molecule is O=[N+]([O-])c1cc(Cl)c(Cl)cc1Oc1ccc(CCl)c(Br)c1. The van der Waals surface area contributed by atoms with E-state index in [1.807, 2.05) is 0 Å². The summed E-state index contributed by atoms with van der Waals surface area (Å²) in [6, 6.07) is 7.56. The highest BCUT2D eigenvalue weighted by Crippen LogP contribution is 2.38. The van der Waals surface area contributed by atoms with Crippen LogP contribution in [0.3, 0.4) is 0 Å². The third-order valence-corrected chi connectivity index (χ3v) is 4.34. The molecule has 0 saturated heterocycles. The zero-order chi connectivity index (χ0) is 15.6. The highest BCUT2D eigenvalue weighted by Gasteiger charge is 2.19. The Labute approximate surface area is 143 Å². The average Bonchev–Trinajstić information content (AvgIpc) is 2.42. The van der Waals surface area contributed by atoms with Crippen molar-refractivity contribution in [2.75, 3.05) is 0 Å². The van der Waals surface area contributed by atoms with E-state index in [1.54, 1.807) is 18.2 Å². The molecule has 0 aliphatic rings. The molecule has 110 valence electrons. The van der Waals surface area contributed by atoms with Gasteiger partial charge >= 0.3 is 5.69 Å². The minimum absolute atomic E-state index is 0.0138. The number of nitro groups is 1. The molecule has 0 radical (unpaired) electrons. The maximum atomic E-state index is 11.0. The summed E-state index contributed by atoms with van der Waals surface area (Å²) in [6.07, 6.45) is 0. The van der Waals surface area contributed by atoms with Gasteiger partial charge in [-0.15, -0.1) is 11.6 Å². The van der Waals surface area contributed by atoms with Crippen molar-refractivity contribution in [1.82, 2.24) is 0 Å². The molecule has 21 heavy (non-hydrogen) atoms. The minimum atomic E-state index is -0.584. The number of rotatable bonds is 4. The monoisotopic (exact) mass is 409 g/mol. The van der Waals surface area contributed by atoms with Gasteiger partial charge in [0.1, 0.15) is 5.75 Å². The molecule has 0 bridgehead atoms. The van der Waals surface area contributed by atoms with Crippen LogP contribution in [0.2, 0.25) is 10.0 Å². The topological polar surface area (TPSA) is 52.4 Å². The molecule has 0 heterocycles. The fraction of sp³-hybridized carbons (Fsp3) is 0.0769. The van der Waals surface area contributed by atoms with Gasteiger partial charge in [-0.2, -0.15) is 0 Å². The van der Waals surface area contributed by atoms with Crippen molar-refractivity contribution in [2.45, 2.75) is 5.88 Å². The molecular formula is C13H7BrCl3NO3. The van der Waals surface area contributed by atoms with Crippen LogP contribution in [0.25, 0.3) is 0 Å². The smallest absolute Gasteiger partial charge is 0.313 e. The molecule has 0 amide bonds. The van der Waals surface area contributed by atoms with Crippen molar-refractivity contribution in [2.24, 2.45) is 0 Å². The summed E-state index contributed by atoms with van der Waals surface area (Å²) in [7, 11) is 0. The fourth-order valence-electron chi connectivity index (χ4n) is 1.57. The molecule has 2 rings (SSSR count). The molecule has 2 aromatic rings. The Kier molecular flexibility index (Phi) is 5.32. The molecule has 0 atom stereocenters. The summed E-state index contributed by atoms with van der Waals surface area (Å²) in [6.45, 7) is 0. The lowest BCUT2D eigenvalue weighted by molar-refractivity contribution is -0.385. The fourth-order valence-corrected chi connectivity index (χ4v) is 2.77. The number of halogens is 4. The van der Waals surface area contributed by atoms with E-state index in [9.17, 15) is 10.1 Å². The van der Waals surface area contributed by atoms with Gasteiger partial charge in [0.15, 0.2) is 0 Å². The maximum absolute atomic E-state index is 11.0. The second-order valence-electron chi connectivity index (χ2n) is 3.98. The van der Waals surface area contributed by atoms with E-state index in [0.29, 0.717) is 11.6 Å². The van der Waals surface area contributed by atoms with E-state index in [-0.39, 0.29) is 21.5 Å². The highest BCUT2D eigenvalue weighted by molar-refractivity contribution is 9.10. The van der Waals surface area contributed by atoms with Crippen LogP contribution in [0.1, 0.15) is 5.56 Å². The first-order valence-corrected chi connectivity index (χ1v) is 7.66. The molecule has 0 spiro atoms. The van der Waals surface area contributed by atoms with Crippen LogP contribution in [-0.2, 0) is 5.88 Å². The van der Waals surface area contributed by atoms with Crippen molar-refractivity contribution in [3.05, 3.63) is 60.5 Å². The van der Waals surface area contributed by atoms with Crippen LogP contribution >= 0.6 is 50.7 Å². The first-order chi connectivity index (χ1) is 9.92. The third kappa shape index (κ3) is 3.80. The van der Waals surface area contributed by atoms with Gasteiger partial charge in [0.25, 0.3) is 0 Å². The van der Waals surface area contributed by atoms with Gasteiger partial charge in [-0.25, -0.2) is 0 Å². The second-order valence-corrected chi connectivity index (χ2v) is 5.92. The molecule has 0 aliphatic carbocycles. The number of alkyl halides is 1. The number of nitrogens with zero attached hydrogens (tertiary/aromatic N) is 1. The largest absolute Gasteiger partial charge is 0.450 e. The Morgan fingerprint density at radius 1 is 1.19 bits per heavy atom. The lowest BCUT2D eigenvalue weighted by Gasteiger charge is -2.09. The number of benzene rings is 2. The lowest BCUT2D eigenvalue weighted by Crippen LogP contribution is -1.94. The van der Waals surface area contributed by atoms with E-state index < -0.39 is 4.92 Å². The van der Waals surface area contributed by atoms with Gasteiger partial charge in [0, 0.05) is 22.5 Å². The van der Waals surface area contributed by atoms with Gasteiger partial charge in [-0.1, -0.05) is 45.2 Å². The van der Waals surface area contributed by atoms with E-state index in [0.717, 1.165) is 16.1 Å². The zero-order valence-electron chi connectivity index (χ0n) is 10.3. The highest BCUT2D eigenvalue weighted by atomic mass is 79.9. The van der Waals surface area contributed by atoms with E-state index in [2.05, 4.69) is 15.9 Å². The number of hydrogen-bond donors (Lipinski definition) is 0. The summed E-state index contributed by atoms with van der Waals surface area (Å²) in [5, 5.41) is 11.3. The number of hydrogen-bond acceptors (Lipinski definition) is 3. The molecule has 0 N–H and O–H groups in total. The summed E-state index contributed by atoms with van der Waals surface area (Å²) >= 11 is 20.8. The van der Waals surface area contributed by atoms with Gasteiger partial charge in [-0.05, 0) is 17.7 Å². The molecule has 0 fully saturated rings. The summed E-state index contributed by atoms with van der Waals surface area (Å²) in [5.41, 5.74) is 0.620. The predicted octanol–water partition coefficient (Wildman–Crippen LogP) is 6.20. The standard InChI is InChI=1S/C13H7BrCl3NO3/c14-9-3-8(2-1-7(9)6-15)21-13-5-11(17)10(16)4-12(13)18(19)20/h1-5H,6H2. The van der Waals surface area contributed by atoms with Gasteiger partial charge < -0.3 is 4.74 Å². The van der Waals surface area contributed by atoms with Crippen LogP contribution in [0.5, 0.6) is 11.5 Å². The lowest BCUT2D eigenvalue weighted by atomic mass is 10.2. The molecular weight excluding hydrogens is 404 g/mol. The van der Waals surface area contributed by atoms with E-state index in [1.165, 1.54) is 6.07 Å². The average molecular weight is 411 g/mol. The molecule has 4 nitrogen and oxygen atoms in total. The first kappa shape index (κ1) is 16.4.